The van der Waals surface area contributed by atoms with Gasteiger partial charge in [-0.2, -0.15) is 9.64 Å². The number of nitrogens with one attached hydrogen (secondary N) is 1. The highest BCUT2D eigenvalue weighted by atomic mass is 35.5. The predicted molar refractivity (Wildman–Crippen MR) is 84.4 cm³/mol. The van der Waals surface area contributed by atoms with Crippen LogP contribution < -0.4 is 5.32 Å². The van der Waals surface area contributed by atoms with Gasteiger partial charge >= 0.3 is 0 Å². The van der Waals surface area contributed by atoms with E-state index in [2.05, 4.69) is 27.6 Å². The Hall–Kier alpha value is -0.830. The minimum Gasteiger partial charge on any atom is -0.373 e. The van der Waals surface area contributed by atoms with Crippen molar-refractivity contribution in [3.05, 3.63) is 10.7 Å². The number of piperidine rings is 1. The number of hydrogen-bond acceptors (Lipinski definition) is 5. The van der Waals surface area contributed by atoms with Crippen LogP contribution in [0.1, 0.15) is 44.6 Å². The molecule has 0 bridgehead atoms. The molecule has 1 fully saturated rings. The van der Waals surface area contributed by atoms with Crippen molar-refractivity contribution in [3.63, 3.8) is 0 Å². The highest BCUT2D eigenvalue weighted by molar-refractivity contribution is 7.10. The lowest BCUT2D eigenvalue weighted by atomic mass is 10.0. The van der Waals surface area contributed by atoms with Gasteiger partial charge in [-0.3, -0.25) is 4.90 Å². The lowest BCUT2D eigenvalue weighted by Gasteiger charge is -2.35. The van der Waals surface area contributed by atoms with Gasteiger partial charge < -0.3 is 5.32 Å². The summed E-state index contributed by atoms with van der Waals surface area (Å²) in [5.41, 5.74) is 0.479. The van der Waals surface area contributed by atoms with Gasteiger partial charge in [0.15, 0.2) is 5.15 Å². The first-order valence-electron chi connectivity index (χ1n) is 7.29. The third-order valence-corrected chi connectivity index (χ3v) is 4.99. The minimum absolute atomic E-state index is 0.312. The van der Waals surface area contributed by atoms with Crippen LogP contribution in [-0.4, -0.2) is 34.9 Å². The van der Waals surface area contributed by atoms with Crippen LogP contribution in [0, 0.1) is 11.3 Å². The molecular formula is C14H21ClN4S. The fraction of sp³-hybridized carbons (Fsp3) is 0.714. The molecule has 0 amide bonds. The van der Waals surface area contributed by atoms with E-state index in [1.165, 1.54) is 56.7 Å². The first-order valence-corrected chi connectivity index (χ1v) is 8.44. The summed E-state index contributed by atoms with van der Waals surface area (Å²) in [7, 11) is 0. The maximum atomic E-state index is 9.08. The number of hydrogen-bond donors (Lipinski definition) is 1. The summed E-state index contributed by atoms with van der Waals surface area (Å²) in [6.07, 6.45) is 6.32. The molecule has 1 aromatic heterocycles. The molecule has 2 rings (SSSR count). The first kappa shape index (κ1) is 15.6. The van der Waals surface area contributed by atoms with Gasteiger partial charge in [-0.1, -0.05) is 31.4 Å². The smallest absolute Gasteiger partial charge is 0.162 e. The molecule has 1 aliphatic rings. The topological polar surface area (TPSA) is 52.0 Å². The number of nitriles is 1. The van der Waals surface area contributed by atoms with Crippen molar-refractivity contribution in [2.75, 3.05) is 25.0 Å². The van der Waals surface area contributed by atoms with E-state index >= 15 is 0 Å². The van der Waals surface area contributed by atoms with Gasteiger partial charge in [0.25, 0.3) is 0 Å². The summed E-state index contributed by atoms with van der Waals surface area (Å²) in [5, 5.41) is 13.6. The van der Waals surface area contributed by atoms with Crippen LogP contribution in [0.15, 0.2) is 0 Å². The van der Waals surface area contributed by atoms with Gasteiger partial charge in [0.1, 0.15) is 16.6 Å². The van der Waals surface area contributed by atoms with Crippen LogP contribution in [0.2, 0.25) is 5.15 Å². The molecule has 1 unspecified atom stereocenters. The number of aromatic nitrogens is 1. The lowest BCUT2D eigenvalue weighted by Crippen LogP contribution is -2.44. The van der Waals surface area contributed by atoms with E-state index in [4.69, 9.17) is 16.9 Å². The van der Waals surface area contributed by atoms with Gasteiger partial charge in [0.05, 0.1) is 0 Å². The first-order chi connectivity index (χ1) is 9.76. The average Bonchev–Trinajstić information content (AvgIpc) is 2.83. The lowest BCUT2D eigenvalue weighted by molar-refractivity contribution is 0.154. The van der Waals surface area contributed by atoms with E-state index in [1.807, 2.05) is 0 Å². The molecule has 1 aromatic rings. The van der Waals surface area contributed by atoms with Crippen molar-refractivity contribution in [1.29, 1.82) is 5.26 Å². The molecule has 0 aromatic carbocycles. The van der Waals surface area contributed by atoms with E-state index in [-0.39, 0.29) is 0 Å². The number of unbranched alkanes of at least 4 members (excludes halogenated alkanes) is 1. The van der Waals surface area contributed by atoms with Gasteiger partial charge in [-0.05, 0) is 43.9 Å². The van der Waals surface area contributed by atoms with E-state index in [0.717, 1.165) is 11.5 Å². The molecule has 1 atom stereocenters. The zero-order valence-electron chi connectivity index (χ0n) is 11.9. The molecule has 1 aliphatic heterocycles. The van der Waals surface area contributed by atoms with Gasteiger partial charge in [0.2, 0.25) is 0 Å². The Bertz CT molecular complexity index is 468. The second kappa shape index (κ2) is 7.82. The summed E-state index contributed by atoms with van der Waals surface area (Å²) in [6.45, 7) is 5.48. The van der Waals surface area contributed by atoms with Crippen LogP contribution in [-0.2, 0) is 0 Å². The van der Waals surface area contributed by atoms with Crippen LogP contribution in [0.25, 0.3) is 0 Å². The standard InChI is InChI=1S/C14H21ClN4S/c1-2-3-7-19-8-5-4-6-11(19)10-17-14-12(9-16)13(15)18-20-14/h11,17H,2-8,10H2,1H3. The SMILES string of the molecule is CCCCN1CCCCC1CNc1snc(Cl)c1C#N. The summed E-state index contributed by atoms with van der Waals surface area (Å²) in [5.74, 6) is 0. The number of rotatable bonds is 6. The number of likely N-dealkylation sites (tertiary alicyclic amines) is 1. The minimum atomic E-state index is 0.312. The maximum Gasteiger partial charge on any atom is 0.162 e. The molecule has 1 N–H and O–H groups in total. The highest BCUT2D eigenvalue weighted by Gasteiger charge is 2.22. The van der Waals surface area contributed by atoms with E-state index in [1.54, 1.807) is 0 Å². The molecule has 4 nitrogen and oxygen atoms in total. The van der Waals surface area contributed by atoms with Crippen LogP contribution in [0.5, 0.6) is 0 Å². The normalized spacial score (nSPS) is 19.8. The Labute approximate surface area is 129 Å². The third kappa shape index (κ3) is 3.85. The molecular weight excluding hydrogens is 292 g/mol. The summed E-state index contributed by atoms with van der Waals surface area (Å²) < 4.78 is 4.03. The Morgan fingerprint density at radius 1 is 1.55 bits per heavy atom. The summed E-state index contributed by atoms with van der Waals surface area (Å²) in [4.78, 5) is 2.58. The van der Waals surface area contributed by atoms with Crippen molar-refractivity contribution < 1.29 is 0 Å². The van der Waals surface area contributed by atoms with Crippen molar-refractivity contribution in [3.8, 4) is 6.07 Å². The monoisotopic (exact) mass is 312 g/mol. The van der Waals surface area contributed by atoms with E-state index in [9.17, 15) is 0 Å². The zero-order valence-corrected chi connectivity index (χ0v) is 13.4. The van der Waals surface area contributed by atoms with Crippen LogP contribution in [0.4, 0.5) is 5.00 Å². The number of anilines is 1. The largest absolute Gasteiger partial charge is 0.373 e. The molecule has 2 heterocycles. The molecule has 20 heavy (non-hydrogen) atoms. The zero-order chi connectivity index (χ0) is 14.4. The molecule has 0 radical (unpaired) electrons. The molecule has 0 spiro atoms. The van der Waals surface area contributed by atoms with Crippen molar-refractivity contribution in [2.45, 2.75) is 45.1 Å². The Balaban J connectivity index is 1.92. The van der Waals surface area contributed by atoms with Crippen LogP contribution in [0.3, 0.4) is 0 Å². The average molecular weight is 313 g/mol. The Morgan fingerprint density at radius 3 is 3.15 bits per heavy atom. The number of halogens is 1. The third-order valence-electron chi connectivity index (χ3n) is 3.81. The van der Waals surface area contributed by atoms with Gasteiger partial charge in [0, 0.05) is 12.6 Å². The van der Waals surface area contributed by atoms with Gasteiger partial charge in [-0.15, -0.1) is 0 Å². The Morgan fingerprint density at radius 2 is 2.40 bits per heavy atom. The molecule has 110 valence electrons. The molecule has 6 heteroatoms. The van der Waals surface area contributed by atoms with E-state index in [0.29, 0.717) is 16.8 Å². The highest BCUT2D eigenvalue weighted by Crippen LogP contribution is 2.28. The number of nitrogens with zero attached hydrogens (tertiary/aromatic N) is 3. The van der Waals surface area contributed by atoms with E-state index < -0.39 is 0 Å². The fourth-order valence-corrected chi connectivity index (χ4v) is 3.59. The maximum absolute atomic E-state index is 9.08. The molecule has 0 saturated carbocycles. The summed E-state index contributed by atoms with van der Waals surface area (Å²) >= 11 is 7.16. The van der Waals surface area contributed by atoms with Crippen molar-refractivity contribution >= 4 is 28.1 Å². The Kier molecular flexibility index (Phi) is 6.08. The van der Waals surface area contributed by atoms with Crippen LogP contribution >= 0.6 is 23.1 Å². The summed E-state index contributed by atoms with van der Waals surface area (Å²) in [6, 6.07) is 2.68. The quantitative estimate of drug-likeness (QED) is 0.869. The predicted octanol–water partition coefficient (Wildman–Crippen LogP) is 3.73. The second-order valence-electron chi connectivity index (χ2n) is 5.21. The fourth-order valence-electron chi connectivity index (χ4n) is 2.65. The van der Waals surface area contributed by atoms with Gasteiger partial charge in [-0.25, -0.2) is 0 Å². The molecule has 1 saturated heterocycles. The second-order valence-corrected chi connectivity index (χ2v) is 6.34. The van der Waals surface area contributed by atoms with Crippen molar-refractivity contribution in [2.24, 2.45) is 0 Å². The van der Waals surface area contributed by atoms with Crippen molar-refractivity contribution in [1.82, 2.24) is 9.27 Å². The molecule has 0 aliphatic carbocycles.